The van der Waals surface area contributed by atoms with Gasteiger partial charge in [-0.3, -0.25) is 0 Å². The largest absolute Gasteiger partial charge is 0.508 e. The molecule has 0 amide bonds. The van der Waals surface area contributed by atoms with Crippen LogP contribution in [0.25, 0.3) is 33.2 Å². The highest BCUT2D eigenvalue weighted by molar-refractivity contribution is 7.13. The van der Waals surface area contributed by atoms with Gasteiger partial charge in [0.15, 0.2) is 5.76 Å². The molecule has 0 saturated carbocycles. The summed E-state index contributed by atoms with van der Waals surface area (Å²) >= 11 is 1.53. The van der Waals surface area contributed by atoms with Gasteiger partial charge in [-0.25, -0.2) is 4.98 Å². The van der Waals surface area contributed by atoms with Crippen LogP contribution in [0.5, 0.6) is 11.5 Å². The van der Waals surface area contributed by atoms with E-state index >= 15 is 0 Å². The molecule has 24 heavy (non-hydrogen) atoms. The highest BCUT2D eigenvalue weighted by Crippen LogP contribution is 2.39. The first-order chi connectivity index (χ1) is 11.7. The Morgan fingerprint density at radius 1 is 0.958 bits per heavy atom. The van der Waals surface area contributed by atoms with Gasteiger partial charge in [0.25, 0.3) is 0 Å². The van der Waals surface area contributed by atoms with Crippen LogP contribution in [0.1, 0.15) is 0 Å². The van der Waals surface area contributed by atoms with Crippen molar-refractivity contribution in [2.24, 2.45) is 0 Å². The number of benzene rings is 2. The number of phenols is 2. The van der Waals surface area contributed by atoms with E-state index in [0.717, 1.165) is 16.3 Å². The van der Waals surface area contributed by atoms with Gasteiger partial charge >= 0.3 is 0 Å². The van der Waals surface area contributed by atoms with Crippen LogP contribution >= 0.6 is 11.3 Å². The van der Waals surface area contributed by atoms with Crippen LogP contribution in [-0.2, 0) is 0 Å². The molecule has 0 saturated heterocycles. The smallest absolute Gasteiger partial charge is 0.179 e. The summed E-state index contributed by atoms with van der Waals surface area (Å²) in [6.45, 7) is 0. The zero-order chi connectivity index (χ0) is 16.5. The second kappa shape index (κ2) is 5.82. The zero-order valence-corrected chi connectivity index (χ0v) is 13.2. The molecule has 4 rings (SSSR count). The fourth-order valence-electron chi connectivity index (χ4n) is 2.44. The summed E-state index contributed by atoms with van der Waals surface area (Å²) in [5.41, 5.74) is 2.91. The number of thiazole rings is 1. The number of aromatic nitrogens is 2. The molecular weight excluding hydrogens is 324 g/mol. The normalized spacial score (nSPS) is 10.8. The maximum atomic E-state index is 10.1. The Hall–Kier alpha value is -3.12. The molecule has 0 aliphatic rings. The lowest BCUT2D eigenvalue weighted by atomic mass is 10.1. The van der Waals surface area contributed by atoms with Gasteiger partial charge in [0.2, 0.25) is 0 Å². The molecular formula is C18H12N2O3S. The third-order valence-corrected chi connectivity index (χ3v) is 4.49. The minimum absolute atomic E-state index is 0.0164. The standard InChI is InChI=1S/C18H12N2O3S/c21-12-6-7-13(16(22)8-12)17-14(9-19-23-17)15-10-24-18(20-15)11-4-2-1-3-5-11/h1-10,21-22H. The van der Waals surface area contributed by atoms with Crippen LogP contribution < -0.4 is 0 Å². The Bertz CT molecular complexity index is 992. The molecule has 0 spiro atoms. The SMILES string of the molecule is Oc1ccc(-c2oncc2-c2csc(-c3ccccc3)n2)c(O)c1. The lowest BCUT2D eigenvalue weighted by Crippen LogP contribution is -1.82. The number of phenolic OH excluding ortho intramolecular Hbond substituents is 2. The fraction of sp³-hybridized carbons (Fsp3) is 0. The molecule has 6 heteroatoms. The topological polar surface area (TPSA) is 79.4 Å². The van der Waals surface area contributed by atoms with Gasteiger partial charge in [-0.15, -0.1) is 11.3 Å². The number of aromatic hydroxyl groups is 2. The summed E-state index contributed by atoms with van der Waals surface area (Å²) in [6.07, 6.45) is 1.57. The lowest BCUT2D eigenvalue weighted by Gasteiger charge is -2.03. The average molecular weight is 336 g/mol. The van der Waals surface area contributed by atoms with Gasteiger partial charge in [-0.2, -0.15) is 0 Å². The zero-order valence-electron chi connectivity index (χ0n) is 12.4. The Balaban J connectivity index is 1.77. The number of nitrogens with zero attached hydrogens (tertiary/aromatic N) is 2. The van der Waals surface area contributed by atoms with E-state index in [1.165, 1.54) is 23.5 Å². The van der Waals surface area contributed by atoms with Crippen molar-refractivity contribution in [2.45, 2.75) is 0 Å². The number of hydrogen-bond acceptors (Lipinski definition) is 6. The summed E-state index contributed by atoms with van der Waals surface area (Å²) in [4.78, 5) is 4.64. The van der Waals surface area contributed by atoms with Crippen molar-refractivity contribution in [3.8, 4) is 44.7 Å². The molecule has 2 N–H and O–H groups in total. The van der Waals surface area contributed by atoms with Crippen molar-refractivity contribution in [1.29, 1.82) is 0 Å². The molecule has 0 bridgehead atoms. The van der Waals surface area contributed by atoms with Gasteiger partial charge in [-0.05, 0) is 12.1 Å². The van der Waals surface area contributed by atoms with E-state index in [0.29, 0.717) is 16.9 Å². The summed E-state index contributed by atoms with van der Waals surface area (Å²) < 4.78 is 5.31. The summed E-state index contributed by atoms with van der Waals surface area (Å²) in [5.74, 6) is 0.321. The lowest BCUT2D eigenvalue weighted by molar-refractivity contribution is 0.424. The van der Waals surface area contributed by atoms with Crippen molar-refractivity contribution >= 4 is 11.3 Å². The van der Waals surface area contributed by atoms with Gasteiger partial charge in [0.05, 0.1) is 23.0 Å². The second-order valence-electron chi connectivity index (χ2n) is 5.17. The summed E-state index contributed by atoms with van der Waals surface area (Å²) in [5, 5.41) is 26.1. The van der Waals surface area contributed by atoms with Gasteiger partial charge in [-0.1, -0.05) is 35.5 Å². The molecule has 0 fully saturated rings. The van der Waals surface area contributed by atoms with E-state index in [-0.39, 0.29) is 11.5 Å². The minimum Gasteiger partial charge on any atom is -0.508 e. The first-order valence-corrected chi connectivity index (χ1v) is 8.08. The molecule has 0 aliphatic heterocycles. The Labute approximate surface area is 141 Å². The quantitative estimate of drug-likeness (QED) is 0.574. The predicted molar refractivity (Wildman–Crippen MR) is 91.8 cm³/mol. The maximum absolute atomic E-state index is 10.1. The van der Waals surface area contributed by atoms with E-state index < -0.39 is 0 Å². The third kappa shape index (κ3) is 2.53. The highest BCUT2D eigenvalue weighted by atomic mass is 32.1. The van der Waals surface area contributed by atoms with E-state index in [1.807, 2.05) is 35.7 Å². The Morgan fingerprint density at radius 3 is 2.58 bits per heavy atom. The molecule has 0 radical (unpaired) electrons. The van der Waals surface area contributed by atoms with Crippen LogP contribution in [0.4, 0.5) is 0 Å². The number of hydrogen-bond donors (Lipinski definition) is 2. The maximum Gasteiger partial charge on any atom is 0.179 e. The Morgan fingerprint density at radius 2 is 1.79 bits per heavy atom. The van der Waals surface area contributed by atoms with Crippen LogP contribution in [0.3, 0.4) is 0 Å². The van der Waals surface area contributed by atoms with Gasteiger partial charge < -0.3 is 14.7 Å². The fourth-order valence-corrected chi connectivity index (χ4v) is 3.27. The monoisotopic (exact) mass is 336 g/mol. The van der Waals surface area contributed by atoms with Crippen molar-refractivity contribution in [2.75, 3.05) is 0 Å². The molecule has 118 valence electrons. The van der Waals surface area contributed by atoms with Crippen LogP contribution in [-0.4, -0.2) is 20.4 Å². The Kier molecular flexibility index (Phi) is 3.51. The summed E-state index contributed by atoms with van der Waals surface area (Å²) in [6, 6.07) is 14.2. The number of rotatable bonds is 3. The van der Waals surface area contributed by atoms with Gasteiger partial charge in [0, 0.05) is 17.0 Å². The third-order valence-electron chi connectivity index (χ3n) is 3.60. The molecule has 0 atom stereocenters. The molecule has 2 aromatic heterocycles. The van der Waals surface area contributed by atoms with Gasteiger partial charge in [0.1, 0.15) is 16.5 Å². The van der Waals surface area contributed by atoms with E-state index in [9.17, 15) is 10.2 Å². The highest BCUT2D eigenvalue weighted by Gasteiger charge is 2.18. The molecule has 2 heterocycles. The second-order valence-corrected chi connectivity index (χ2v) is 6.03. The van der Waals surface area contributed by atoms with Crippen LogP contribution in [0, 0.1) is 0 Å². The van der Waals surface area contributed by atoms with E-state index in [1.54, 1.807) is 12.3 Å². The average Bonchev–Trinajstić information content (AvgIpc) is 3.24. The summed E-state index contributed by atoms with van der Waals surface area (Å²) in [7, 11) is 0. The van der Waals surface area contributed by atoms with E-state index in [4.69, 9.17) is 4.52 Å². The van der Waals surface area contributed by atoms with E-state index in [2.05, 4.69) is 10.1 Å². The van der Waals surface area contributed by atoms with Crippen molar-refractivity contribution in [1.82, 2.24) is 10.1 Å². The molecule has 0 unspecified atom stereocenters. The van der Waals surface area contributed by atoms with Crippen molar-refractivity contribution in [3.05, 3.63) is 60.1 Å². The van der Waals surface area contributed by atoms with Crippen LogP contribution in [0.15, 0.2) is 64.6 Å². The molecule has 0 aliphatic carbocycles. The molecule has 2 aromatic carbocycles. The molecule has 4 aromatic rings. The first kappa shape index (κ1) is 14.5. The first-order valence-electron chi connectivity index (χ1n) is 7.21. The van der Waals surface area contributed by atoms with Crippen molar-refractivity contribution in [3.63, 3.8) is 0 Å². The minimum atomic E-state index is -0.0773. The van der Waals surface area contributed by atoms with Crippen LogP contribution in [0.2, 0.25) is 0 Å². The predicted octanol–water partition coefficient (Wildman–Crippen LogP) is 4.54. The van der Waals surface area contributed by atoms with Crippen molar-refractivity contribution < 1.29 is 14.7 Å². The molecule has 5 nitrogen and oxygen atoms in total.